The molecule has 0 aromatic heterocycles. The number of benzene rings is 2. The number of urea groups is 1. The van der Waals surface area contributed by atoms with Crippen LogP contribution >= 0.6 is 11.8 Å². The van der Waals surface area contributed by atoms with Gasteiger partial charge in [-0.2, -0.15) is 0 Å². The van der Waals surface area contributed by atoms with E-state index in [2.05, 4.69) is 10.6 Å². The molecule has 0 bridgehead atoms. The first-order chi connectivity index (χ1) is 10.1. The Kier molecular flexibility index (Phi) is 4.84. The SMILES string of the molecule is CSc1ccc(NC(=O)Nc2cccc(C(=O)O)c2)cc1. The number of anilines is 2. The maximum atomic E-state index is 11.8. The Bertz CT molecular complexity index is 656. The molecule has 0 saturated heterocycles. The highest BCUT2D eigenvalue weighted by atomic mass is 32.2. The van der Waals surface area contributed by atoms with E-state index in [1.165, 1.54) is 12.1 Å². The first-order valence-electron chi connectivity index (χ1n) is 6.14. The van der Waals surface area contributed by atoms with Gasteiger partial charge < -0.3 is 15.7 Å². The molecule has 0 atom stereocenters. The van der Waals surface area contributed by atoms with Gasteiger partial charge in [-0.25, -0.2) is 9.59 Å². The van der Waals surface area contributed by atoms with Crippen LogP contribution in [0.3, 0.4) is 0 Å². The molecule has 0 saturated carbocycles. The zero-order chi connectivity index (χ0) is 15.2. The fraction of sp³-hybridized carbons (Fsp3) is 0.0667. The van der Waals surface area contributed by atoms with E-state index in [1.54, 1.807) is 36.0 Å². The molecule has 2 rings (SSSR count). The lowest BCUT2D eigenvalue weighted by Crippen LogP contribution is -2.19. The van der Waals surface area contributed by atoms with Crippen molar-refractivity contribution in [3.8, 4) is 0 Å². The van der Waals surface area contributed by atoms with Crippen LogP contribution in [0.25, 0.3) is 0 Å². The molecule has 21 heavy (non-hydrogen) atoms. The number of carbonyl (C=O) groups excluding carboxylic acids is 1. The van der Waals surface area contributed by atoms with Gasteiger partial charge in [0.25, 0.3) is 0 Å². The molecule has 2 aromatic rings. The van der Waals surface area contributed by atoms with E-state index in [4.69, 9.17) is 5.11 Å². The van der Waals surface area contributed by atoms with E-state index in [9.17, 15) is 9.59 Å². The molecule has 108 valence electrons. The van der Waals surface area contributed by atoms with Crippen molar-refractivity contribution in [3.63, 3.8) is 0 Å². The standard InChI is InChI=1S/C15H14N2O3S/c1-21-13-7-5-11(6-8-13)16-15(20)17-12-4-2-3-10(9-12)14(18)19/h2-9H,1H3,(H,18,19)(H2,16,17,20). The molecule has 0 spiro atoms. The van der Waals surface area contributed by atoms with Gasteiger partial charge in [0.1, 0.15) is 0 Å². The number of carboxylic acid groups (broad SMARTS) is 1. The van der Waals surface area contributed by atoms with Crippen molar-refractivity contribution in [2.45, 2.75) is 4.90 Å². The summed E-state index contributed by atoms with van der Waals surface area (Å²) in [7, 11) is 0. The summed E-state index contributed by atoms with van der Waals surface area (Å²) in [4.78, 5) is 23.8. The van der Waals surface area contributed by atoms with Crippen LogP contribution in [0.5, 0.6) is 0 Å². The van der Waals surface area contributed by atoms with Crippen LogP contribution in [-0.2, 0) is 0 Å². The Morgan fingerprint density at radius 1 is 1.00 bits per heavy atom. The summed E-state index contributed by atoms with van der Waals surface area (Å²) in [5, 5.41) is 14.2. The number of carbonyl (C=O) groups is 2. The summed E-state index contributed by atoms with van der Waals surface area (Å²) in [5.74, 6) is -1.04. The molecule has 5 nitrogen and oxygen atoms in total. The molecule has 0 aliphatic rings. The molecule has 2 aromatic carbocycles. The third-order valence-corrected chi connectivity index (χ3v) is 3.46. The number of carboxylic acids is 1. The normalized spacial score (nSPS) is 9.95. The van der Waals surface area contributed by atoms with Crippen molar-refractivity contribution in [1.82, 2.24) is 0 Å². The van der Waals surface area contributed by atoms with Crippen molar-refractivity contribution in [3.05, 3.63) is 54.1 Å². The van der Waals surface area contributed by atoms with E-state index in [-0.39, 0.29) is 5.56 Å². The van der Waals surface area contributed by atoms with E-state index in [0.29, 0.717) is 11.4 Å². The summed E-state index contributed by atoms with van der Waals surface area (Å²) in [5.41, 5.74) is 1.21. The van der Waals surface area contributed by atoms with Crippen molar-refractivity contribution in [2.75, 3.05) is 16.9 Å². The van der Waals surface area contributed by atoms with Gasteiger partial charge in [0.2, 0.25) is 0 Å². The fourth-order valence-electron chi connectivity index (χ4n) is 1.70. The molecule has 0 aliphatic carbocycles. The highest BCUT2D eigenvalue weighted by Crippen LogP contribution is 2.18. The van der Waals surface area contributed by atoms with Crippen molar-refractivity contribution in [2.24, 2.45) is 0 Å². The maximum absolute atomic E-state index is 11.8. The smallest absolute Gasteiger partial charge is 0.335 e. The quantitative estimate of drug-likeness (QED) is 0.752. The number of hydrogen-bond acceptors (Lipinski definition) is 3. The van der Waals surface area contributed by atoms with Gasteiger partial charge in [0.05, 0.1) is 5.56 Å². The topological polar surface area (TPSA) is 78.4 Å². The average Bonchev–Trinajstić information content (AvgIpc) is 2.48. The van der Waals surface area contributed by atoms with Crippen molar-refractivity contribution < 1.29 is 14.7 Å². The maximum Gasteiger partial charge on any atom is 0.335 e. The van der Waals surface area contributed by atoms with Crippen molar-refractivity contribution in [1.29, 1.82) is 0 Å². The molecule has 6 heteroatoms. The molecule has 3 N–H and O–H groups in total. The monoisotopic (exact) mass is 302 g/mol. The highest BCUT2D eigenvalue weighted by Gasteiger charge is 2.06. The molecule has 0 unspecified atom stereocenters. The third kappa shape index (κ3) is 4.25. The Morgan fingerprint density at radius 3 is 2.29 bits per heavy atom. The predicted molar refractivity (Wildman–Crippen MR) is 84.3 cm³/mol. The Labute approximate surface area is 126 Å². The minimum atomic E-state index is -1.04. The lowest BCUT2D eigenvalue weighted by molar-refractivity contribution is 0.0697. The van der Waals surface area contributed by atoms with Crippen LogP contribution in [0.2, 0.25) is 0 Å². The molecule has 0 radical (unpaired) electrons. The highest BCUT2D eigenvalue weighted by molar-refractivity contribution is 7.98. The van der Waals surface area contributed by atoms with Crippen LogP contribution in [0.4, 0.5) is 16.2 Å². The van der Waals surface area contributed by atoms with Crippen LogP contribution in [0.1, 0.15) is 10.4 Å². The van der Waals surface area contributed by atoms with Crippen LogP contribution in [0, 0.1) is 0 Å². The summed E-state index contributed by atoms with van der Waals surface area (Å²) in [6.07, 6.45) is 1.98. The Balaban J connectivity index is 2.00. The largest absolute Gasteiger partial charge is 0.478 e. The zero-order valence-corrected chi connectivity index (χ0v) is 12.1. The molecule has 2 amide bonds. The lowest BCUT2D eigenvalue weighted by atomic mass is 10.2. The number of amides is 2. The van der Waals surface area contributed by atoms with Gasteiger partial charge >= 0.3 is 12.0 Å². The molecule has 0 heterocycles. The van der Waals surface area contributed by atoms with E-state index in [1.807, 2.05) is 18.4 Å². The summed E-state index contributed by atoms with van der Waals surface area (Å²) >= 11 is 1.62. The number of thioether (sulfide) groups is 1. The Morgan fingerprint density at radius 2 is 1.67 bits per heavy atom. The molecule has 0 fully saturated rings. The van der Waals surface area contributed by atoms with Crippen LogP contribution in [-0.4, -0.2) is 23.4 Å². The van der Waals surface area contributed by atoms with Crippen molar-refractivity contribution >= 4 is 35.1 Å². The third-order valence-electron chi connectivity index (χ3n) is 2.72. The van der Waals surface area contributed by atoms with E-state index in [0.717, 1.165) is 4.90 Å². The minimum absolute atomic E-state index is 0.122. The number of nitrogens with one attached hydrogen (secondary N) is 2. The molecular formula is C15H14N2O3S. The van der Waals surface area contributed by atoms with Gasteiger partial charge in [-0.1, -0.05) is 6.07 Å². The van der Waals surface area contributed by atoms with Gasteiger partial charge in [-0.3, -0.25) is 0 Å². The number of hydrogen-bond donors (Lipinski definition) is 3. The molecular weight excluding hydrogens is 288 g/mol. The summed E-state index contributed by atoms with van der Waals surface area (Å²) in [6, 6.07) is 13.1. The second-order valence-electron chi connectivity index (χ2n) is 4.19. The van der Waals surface area contributed by atoms with Crippen LogP contribution < -0.4 is 10.6 Å². The zero-order valence-electron chi connectivity index (χ0n) is 11.3. The van der Waals surface area contributed by atoms with Crippen LogP contribution in [0.15, 0.2) is 53.4 Å². The lowest BCUT2D eigenvalue weighted by Gasteiger charge is -2.08. The number of rotatable bonds is 4. The van der Waals surface area contributed by atoms with Gasteiger partial charge in [-0.05, 0) is 48.7 Å². The van der Waals surface area contributed by atoms with Gasteiger partial charge in [0.15, 0.2) is 0 Å². The second-order valence-corrected chi connectivity index (χ2v) is 5.07. The minimum Gasteiger partial charge on any atom is -0.478 e. The van der Waals surface area contributed by atoms with E-state index >= 15 is 0 Å². The number of aromatic carboxylic acids is 1. The van der Waals surface area contributed by atoms with Gasteiger partial charge in [-0.15, -0.1) is 11.8 Å². The Hall–Kier alpha value is -2.47. The van der Waals surface area contributed by atoms with Gasteiger partial charge in [0, 0.05) is 16.3 Å². The fourth-order valence-corrected chi connectivity index (χ4v) is 2.11. The average molecular weight is 302 g/mol. The first kappa shape index (κ1) is 14.9. The first-order valence-corrected chi connectivity index (χ1v) is 7.36. The molecule has 0 aliphatic heterocycles. The van der Waals surface area contributed by atoms with E-state index < -0.39 is 12.0 Å². The second kappa shape index (κ2) is 6.81. The predicted octanol–water partition coefficient (Wildman–Crippen LogP) is 3.75. The summed E-state index contributed by atoms with van der Waals surface area (Å²) in [6.45, 7) is 0. The summed E-state index contributed by atoms with van der Waals surface area (Å²) < 4.78 is 0.